The van der Waals surface area contributed by atoms with Crippen LogP contribution in [0.2, 0.25) is 0 Å². The van der Waals surface area contributed by atoms with Crippen LogP contribution in [0.3, 0.4) is 0 Å². The number of carbonyl (C=O) groups excluding carboxylic acids is 1. The van der Waals surface area contributed by atoms with Gasteiger partial charge in [-0.1, -0.05) is 30.3 Å². The molecule has 1 heterocycles. The quantitative estimate of drug-likeness (QED) is 0.641. The molecule has 29 heavy (non-hydrogen) atoms. The largest absolute Gasteiger partial charge is 0.497 e. The number of aromatic nitrogens is 2. The molecule has 0 fully saturated rings. The molecular formula is C23H25N3O3. The minimum absolute atomic E-state index is 0.00294. The molecule has 6 heteroatoms. The van der Waals surface area contributed by atoms with Crippen molar-refractivity contribution in [1.82, 2.24) is 15.1 Å². The van der Waals surface area contributed by atoms with Gasteiger partial charge in [0, 0.05) is 17.7 Å². The Hall–Kier alpha value is -3.41. The summed E-state index contributed by atoms with van der Waals surface area (Å²) in [6.07, 6.45) is 1.71. The molecule has 1 aromatic heterocycles. The summed E-state index contributed by atoms with van der Waals surface area (Å²) in [6, 6.07) is 20.6. The smallest absolute Gasteiger partial charge is 0.267 e. The number of aryl methyl sites for hydroxylation is 1. The van der Waals surface area contributed by atoms with Gasteiger partial charge in [0.1, 0.15) is 12.3 Å². The number of hydrogen-bond donors (Lipinski definition) is 1. The summed E-state index contributed by atoms with van der Waals surface area (Å²) in [4.78, 5) is 24.5. The zero-order valence-corrected chi connectivity index (χ0v) is 16.7. The molecule has 0 saturated carbocycles. The molecule has 0 unspecified atom stereocenters. The van der Waals surface area contributed by atoms with Gasteiger partial charge in [0.15, 0.2) is 0 Å². The number of amides is 1. The van der Waals surface area contributed by atoms with E-state index in [9.17, 15) is 9.59 Å². The van der Waals surface area contributed by atoms with Gasteiger partial charge in [0.05, 0.1) is 12.8 Å². The Morgan fingerprint density at radius 2 is 1.79 bits per heavy atom. The highest BCUT2D eigenvalue weighted by Gasteiger charge is 2.11. The second-order valence-electron chi connectivity index (χ2n) is 6.94. The molecule has 0 spiro atoms. The maximum Gasteiger partial charge on any atom is 0.267 e. The Bertz CT molecular complexity index is 998. The van der Waals surface area contributed by atoms with Crippen molar-refractivity contribution in [3.05, 3.63) is 82.6 Å². The fourth-order valence-corrected chi connectivity index (χ4v) is 3.03. The van der Waals surface area contributed by atoms with Crippen molar-refractivity contribution in [1.29, 1.82) is 0 Å². The summed E-state index contributed by atoms with van der Waals surface area (Å²) < 4.78 is 6.35. The molecule has 0 aliphatic rings. The number of nitrogens with one attached hydrogen (secondary N) is 1. The summed E-state index contributed by atoms with van der Waals surface area (Å²) in [7, 11) is 1.60. The van der Waals surface area contributed by atoms with Gasteiger partial charge in [0.25, 0.3) is 5.56 Å². The van der Waals surface area contributed by atoms with Crippen LogP contribution >= 0.6 is 0 Å². The minimum atomic E-state index is -0.311. The summed E-state index contributed by atoms with van der Waals surface area (Å²) in [5.74, 6) is 0.512. The van der Waals surface area contributed by atoms with E-state index in [0.29, 0.717) is 5.69 Å². The summed E-state index contributed by atoms with van der Waals surface area (Å²) in [5.41, 5.74) is 2.39. The molecule has 1 N–H and O–H groups in total. The van der Waals surface area contributed by atoms with Crippen LogP contribution < -0.4 is 15.6 Å². The van der Waals surface area contributed by atoms with Crippen molar-refractivity contribution in [3.8, 4) is 17.0 Å². The summed E-state index contributed by atoms with van der Waals surface area (Å²) >= 11 is 0. The zero-order valence-electron chi connectivity index (χ0n) is 16.7. The van der Waals surface area contributed by atoms with Gasteiger partial charge >= 0.3 is 0 Å². The Kier molecular flexibility index (Phi) is 6.79. The number of nitrogens with zero attached hydrogens (tertiary/aromatic N) is 2. The van der Waals surface area contributed by atoms with E-state index in [1.165, 1.54) is 16.3 Å². The molecule has 6 nitrogen and oxygen atoms in total. The van der Waals surface area contributed by atoms with E-state index in [2.05, 4.69) is 22.5 Å². The number of benzene rings is 2. The van der Waals surface area contributed by atoms with E-state index in [-0.39, 0.29) is 24.1 Å². The Morgan fingerprint density at radius 3 is 2.48 bits per heavy atom. The van der Waals surface area contributed by atoms with Crippen molar-refractivity contribution in [3.63, 3.8) is 0 Å². The predicted octanol–water partition coefficient (Wildman–Crippen LogP) is 3.06. The second kappa shape index (κ2) is 9.68. The molecule has 1 amide bonds. The topological polar surface area (TPSA) is 73.2 Å². The SMILES string of the molecule is COc1ccc(-c2ccc(=O)n(CC(=O)N[C@@H](C)CCc3ccccc3)n2)cc1. The lowest BCUT2D eigenvalue weighted by atomic mass is 10.1. The lowest BCUT2D eigenvalue weighted by Crippen LogP contribution is -2.38. The fourth-order valence-electron chi connectivity index (χ4n) is 3.03. The van der Waals surface area contributed by atoms with Crippen LogP contribution in [0.5, 0.6) is 5.75 Å². The Balaban J connectivity index is 1.61. The summed E-state index contributed by atoms with van der Waals surface area (Å²) in [5, 5.41) is 7.29. The highest BCUT2D eigenvalue weighted by Crippen LogP contribution is 2.19. The zero-order chi connectivity index (χ0) is 20.6. The Morgan fingerprint density at radius 1 is 1.07 bits per heavy atom. The van der Waals surface area contributed by atoms with Crippen LogP contribution in [0, 0.1) is 0 Å². The predicted molar refractivity (Wildman–Crippen MR) is 113 cm³/mol. The molecular weight excluding hydrogens is 366 g/mol. The first-order valence-electron chi connectivity index (χ1n) is 9.61. The van der Waals surface area contributed by atoms with Crippen molar-refractivity contribution in [2.24, 2.45) is 0 Å². The van der Waals surface area contributed by atoms with E-state index < -0.39 is 0 Å². The van der Waals surface area contributed by atoms with Crippen molar-refractivity contribution in [2.45, 2.75) is 32.4 Å². The van der Waals surface area contributed by atoms with E-state index in [0.717, 1.165) is 24.2 Å². The maximum atomic E-state index is 12.4. The average molecular weight is 391 g/mol. The van der Waals surface area contributed by atoms with Gasteiger partial charge in [0.2, 0.25) is 5.91 Å². The molecule has 0 aliphatic heterocycles. The summed E-state index contributed by atoms with van der Waals surface area (Å²) in [6.45, 7) is 1.85. The van der Waals surface area contributed by atoms with Gasteiger partial charge < -0.3 is 10.1 Å². The van der Waals surface area contributed by atoms with Crippen LogP contribution in [0.25, 0.3) is 11.3 Å². The fraction of sp³-hybridized carbons (Fsp3) is 0.261. The molecule has 150 valence electrons. The molecule has 0 bridgehead atoms. The molecule has 3 rings (SSSR count). The molecule has 0 aliphatic carbocycles. The molecule has 0 radical (unpaired) electrons. The van der Waals surface area contributed by atoms with E-state index in [1.807, 2.05) is 49.4 Å². The van der Waals surface area contributed by atoms with Crippen LogP contribution in [0.15, 0.2) is 71.5 Å². The standard InChI is InChI=1S/C23H25N3O3/c1-17(8-9-18-6-4-3-5-7-18)24-22(27)16-26-23(28)15-14-21(25-26)19-10-12-20(29-2)13-11-19/h3-7,10-15,17H,8-9,16H2,1-2H3,(H,24,27)/t17-/m0/s1. The van der Waals surface area contributed by atoms with Crippen molar-refractivity contribution in [2.75, 3.05) is 7.11 Å². The average Bonchev–Trinajstić information content (AvgIpc) is 2.74. The van der Waals surface area contributed by atoms with Gasteiger partial charge in [-0.05, 0) is 55.7 Å². The van der Waals surface area contributed by atoms with Crippen molar-refractivity contribution < 1.29 is 9.53 Å². The van der Waals surface area contributed by atoms with E-state index in [1.54, 1.807) is 13.2 Å². The van der Waals surface area contributed by atoms with Gasteiger partial charge in [-0.2, -0.15) is 5.10 Å². The second-order valence-corrected chi connectivity index (χ2v) is 6.94. The van der Waals surface area contributed by atoms with E-state index >= 15 is 0 Å². The normalized spacial score (nSPS) is 11.7. The maximum absolute atomic E-state index is 12.4. The minimum Gasteiger partial charge on any atom is -0.497 e. The first kappa shape index (κ1) is 20.3. The van der Waals surface area contributed by atoms with Gasteiger partial charge in [-0.15, -0.1) is 0 Å². The number of hydrogen-bond acceptors (Lipinski definition) is 4. The first-order chi connectivity index (χ1) is 14.0. The van der Waals surface area contributed by atoms with Gasteiger partial charge in [-0.25, -0.2) is 4.68 Å². The first-order valence-corrected chi connectivity index (χ1v) is 9.61. The number of methoxy groups -OCH3 is 1. The Labute approximate surface area is 170 Å². The lowest BCUT2D eigenvalue weighted by Gasteiger charge is -2.14. The monoisotopic (exact) mass is 391 g/mol. The highest BCUT2D eigenvalue weighted by atomic mass is 16.5. The number of rotatable bonds is 8. The van der Waals surface area contributed by atoms with Crippen LogP contribution in [0.1, 0.15) is 18.9 Å². The highest BCUT2D eigenvalue weighted by molar-refractivity contribution is 5.76. The van der Waals surface area contributed by atoms with Crippen molar-refractivity contribution >= 4 is 5.91 Å². The lowest BCUT2D eigenvalue weighted by molar-refractivity contribution is -0.122. The van der Waals surface area contributed by atoms with E-state index in [4.69, 9.17) is 4.74 Å². The number of ether oxygens (including phenoxy) is 1. The molecule has 2 aromatic carbocycles. The molecule has 3 aromatic rings. The third-order valence-electron chi connectivity index (χ3n) is 4.66. The van der Waals surface area contributed by atoms with Crippen LogP contribution in [0.4, 0.5) is 0 Å². The third kappa shape index (κ3) is 5.78. The van der Waals surface area contributed by atoms with Crippen LogP contribution in [-0.4, -0.2) is 28.8 Å². The number of carbonyl (C=O) groups is 1. The van der Waals surface area contributed by atoms with Crippen LogP contribution in [-0.2, 0) is 17.8 Å². The third-order valence-corrected chi connectivity index (χ3v) is 4.66. The molecule has 0 saturated heterocycles. The van der Waals surface area contributed by atoms with Gasteiger partial charge in [-0.3, -0.25) is 9.59 Å². The molecule has 1 atom stereocenters.